The molecule has 1 aliphatic rings. The van der Waals surface area contributed by atoms with Crippen molar-refractivity contribution in [3.05, 3.63) is 57.4 Å². The molecule has 0 saturated heterocycles. The Balaban J connectivity index is 1.68. The average molecular weight is 342 g/mol. The van der Waals surface area contributed by atoms with E-state index in [1.165, 1.54) is 6.07 Å². The number of hydrogen-bond donors (Lipinski definition) is 2. The van der Waals surface area contributed by atoms with Gasteiger partial charge in [-0.3, -0.25) is 14.4 Å². The van der Waals surface area contributed by atoms with Crippen molar-refractivity contribution in [2.24, 2.45) is 5.41 Å². The predicted molar refractivity (Wildman–Crippen MR) is 92.9 cm³/mol. The fraction of sp³-hybridized carbons (Fsp3) is 0.421. The number of aromatic nitrogens is 1. The molecule has 132 valence electrons. The summed E-state index contributed by atoms with van der Waals surface area (Å²) in [6, 6.07) is 5.13. The molecular formula is C19H22N2O4. The molecule has 3 rings (SSSR count). The number of H-pyrrole nitrogens is 1. The van der Waals surface area contributed by atoms with Crippen LogP contribution >= 0.6 is 0 Å². The zero-order valence-electron chi connectivity index (χ0n) is 14.5. The first-order valence-corrected chi connectivity index (χ1v) is 8.46. The van der Waals surface area contributed by atoms with Crippen molar-refractivity contribution < 1.29 is 14.0 Å². The Morgan fingerprint density at radius 3 is 2.84 bits per heavy atom. The zero-order chi connectivity index (χ0) is 18.0. The van der Waals surface area contributed by atoms with E-state index in [1.807, 2.05) is 26.0 Å². The van der Waals surface area contributed by atoms with Crippen LogP contribution in [0.4, 0.5) is 0 Å². The third-order valence-corrected chi connectivity index (χ3v) is 4.43. The maximum absolute atomic E-state index is 12.3. The molecule has 0 saturated carbocycles. The van der Waals surface area contributed by atoms with E-state index in [4.69, 9.17) is 4.42 Å². The Morgan fingerprint density at radius 2 is 2.12 bits per heavy atom. The molecule has 0 aromatic carbocycles. The SMILES string of the molecule is CC1(C)CC(=O)c2cc(C(=O)NCCCc3ccco3)c(=O)[nH]c2C1. The number of aryl methyl sites for hydroxylation is 1. The predicted octanol–water partition coefficient (Wildman–Crippen LogP) is 2.49. The molecule has 1 aliphatic carbocycles. The Bertz CT molecular complexity index is 847. The van der Waals surface area contributed by atoms with Crippen LogP contribution in [0.2, 0.25) is 0 Å². The number of fused-ring (bicyclic) bond motifs is 1. The lowest BCUT2D eigenvalue weighted by molar-refractivity contribution is 0.0910. The van der Waals surface area contributed by atoms with Gasteiger partial charge in [-0.15, -0.1) is 0 Å². The summed E-state index contributed by atoms with van der Waals surface area (Å²) in [4.78, 5) is 39.5. The van der Waals surface area contributed by atoms with Gasteiger partial charge in [0.1, 0.15) is 11.3 Å². The van der Waals surface area contributed by atoms with Crippen LogP contribution in [0.25, 0.3) is 0 Å². The van der Waals surface area contributed by atoms with Crippen LogP contribution in [0.5, 0.6) is 0 Å². The highest BCUT2D eigenvalue weighted by Crippen LogP contribution is 2.33. The summed E-state index contributed by atoms with van der Waals surface area (Å²) in [6.07, 6.45) is 4.06. The fourth-order valence-electron chi connectivity index (χ4n) is 3.21. The molecule has 2 heterocycles. The van der Waals surface area contributed by atoms with Gasteiger partial charge in [-0.25, -0.2) is 0 Å². The zero-order valence-corrected chi connectivity index (χ0v) is 14.5. The number of carbonyl (C=O) groups excluding carboxylic acids is 2. The summed E-state index contributed by atoms with van der Waals surface area (Å²) in [5, 5.41) is 2.73. The number of pyridine rings is 1. The largest absolute Gasteiger partial charge is 0.469 e. The minimum atomic E-state index is -0.457. The fourth-order valence-corrected chi connectivity index (χ4v) is 3.21. The number of carbonyl (C=O) groups is 2. The molecule has 25 heavy (non-hydrogen) atoms. The normalized spacial score (nSPS) is 15.7. The van der Waals surface area contributed by atoms with Crippen LogP contribution in [0.3, 0.4) is 0 Å². The van der Waals surface area contributed by atoms with Crippen molar-refractivity contribution >= 4 is 11.7 Å². The monoisotopic (exact) mass is 342 g/mol. The number of rotatable bonds is 5. The van der Waals surface area contributed by atoms with Gasteiger partial charge in [0, 0.05) is 30.6 Å². The Kier molecular flexibility index (Phi) is 4.61. The molecule has 2 N–H and O–H groups in total. The van der Waals surface area contributed by atoms with Crippen LogP contribution in [0.1, 0.15) is 58.9 Å². The standard InChI is InChI=1S/C19H22N2O4/c1-19(2)10-15-13(16(22)11-19)9-14(18(24)21-15)17(23)20-7-3-5-12-6-4-8-25-12/h4,6,8-9H,3,5,7,10-11H2,1-2H3,(H,20,23)(H,21,24). The van der Waals surface area contributed by atoms with Crippen LogP contribution in [0.15, 0.2) is 33.7 Å². The number of furan rings is 1. The van der Waals surface area contributed by atoms with Crippen LogP contribution in [-0.4, -0.2) is 23.2 Å². The second-order valence-corrected chi connectivity index (χ2v) is 7.28. The van der Waals surface area contributed by atoms with E-state index in [1.54, 1.807) is 6.26 Å². The number of ketones is 1. The van der Waals surface area contributed by atoms with Gasteiger partial charge in [-0.1, -0.05) is 13.8 Å². The number of hydrogen-bond acceptors (Lipinski definition) is 4. The van der Waals surface area contributed by atoms with E-state index in [0.29, 0.717) is 43.5 Å². The van der Waals surface area contributed by atoms with E-state index in [2.05, 4.69) is 10.3 Å². The van der Waals surface area contributed by atoms with Crippen molar-refractivity contribution in [3.8, 4) is 0 Å². The lowest BCUT2D eigenvalue weighted by atomic mass is 9.75. The molecule has 1 amide bonds. The molecule has 0 bridgehead atoms. The summed E-state index contributed by atoms with van der Waals surface area (Å²) in [5.74, 6) is 0.365. The third kappa shape index (κ3) is 3.90. The van der Waals surface area contributed by atoms with Gasteiger partial charge in [0.2, 0.25) is 0 Å². The van der Waals surface area contributed by atoms with E-state index in [9.17, 15) is 14.4 Å². The van der Waals surface area contributed by atoms with Crippen LogP contribution in [0, 0.1) is 5.41 Å². The van der Waals surface area contributed by atoms with Gasteiger partial charge in [0.25, 0.3) is 11.5 Å². The van der Waals surface area contributed by atoms with Gasteiger partial charge >= 0.3 is 0 Å². The van der Waals surface area contributed by atoms with E-state index in [0.717, 1.165) is 5.76 Å². The third-order valence-electron chi connectivity index (χ3n) is 4.43. The topological polar surface area (TPSA) is 92.2 Å². The number of aromatic amines is 1. The number of amides is 1. The number of Topliss-reactive ketones (excluding diaryl/α,β-unsaturated/α-hetero) is 1. The van der Waals surface area contributed by atoms with Gasteiger partial charge < -0.3 is 14.7 Å². The molecule has 2 aromatic heterocycles. The lowest BCUT2D eigenvalue weighted by Gasteiger charge is -2.29. The maximum Gasteiger partial charge on any atom is 0.261 e. The van der Waals surface area contributed by atoms with Gasteiger partial charge in [0.15, 0.2) is 5.78 Å². The average Bonchev–Trinajstić information content (AvgIpc) is 3.03. The molecule has 0 spiro atoms. The van der Waals surface area contributed by atoms with Crippen molar-refractivity contribution in [1.29, 1.82) is 0 Å². The van der Waals surface area contributed by atoms with Gasteiger partial charge in [-0.2, -0.15) is 0 Å². The summed E-state index contributed by atoms with van der Waals surface area (Å²) >= 11 is 0. The van der Waals surface area contributed by atoms with E-state index in [-0.39, 0.29) is 16.8 Å². The molecule has 0 unspecified atom stereocenters. The molecule has 2 aromatic rings. The van der Waals surface area contributed by atoms with Crippen molar-refractivity contribution in [2.45, 2.75) is 39.5 Å². The summed E-state index contributed by atoms with van der Waals surface area (Å²) < 4.78 is 5.23. The Labute approximate surface area is 145 Å². The van der Waals surface area contributed by atoms with Gasteiger partial charge in [0.05, 0.1) is 6.26 Å². The first kappa shape index (κ1) is 17.2. The Hall–Kier alpha value is -2.63. The second-order valence-electron chi connectivity index (χ2n) is 7.28. The second kappa shape index (κ2) is 6.70. The minimum absolute atomic E-state index is 0.00944. The van der Waals surface area contributed by atoms with Crippen molar-refractivity contribution in [1.82, 2.24) is 10.3 Å². The highest BCUT2D eigenvalue weighted by atomic mass is 16.3. The number of nitrogens with one attached hydrogen (secondary N) is 2. The van der Waals surface area contributed by atoms with Crippen LogP contribution < -0.4 is 10.9 Å². The minimum Gasteiger partial charge on any atom is -0.469 e. The summed E-state index contributed by atoms with van der Waals surface area (Å²) in [6.45, 7) is 4.41. The molecule has 6 nitrogen and oxygen atoms in total. The van der Waals surface area contributed by atoms with E-state index >= 15 is 0 Å². The molecule has 0 atom stereocenters. The molecule has 0 aliphatic heterocycles. The van der Waals surface area contributed by atoms with Crippen LogP contribution in [-0.2, 0) is 12.8 Å². The first-order valence-electron chi connectivity index (χ1n) is 8.46. The highest BCUT2D eigenvalue weighted by Gasteiger charge is 2.32. The maximum atomic E-state index is 12.3. The molecule has 0 radical (unpaired) electrons. The molecule has 0 fully saturated rings. The highest BCUT2D eigenvalue weighted by molar-refractivity contribution is 6.02. The molecular weight excluding hydrogens is 320 g/mol. The lowest BCUT2D eigenvalue weighted by Crippen LogP contribution is -2.35. The van der Waals surface area contributed by atoms with E-state index < -0.39 is 11.5 Å². The smallest absolute Gasteiger partial charge is 0.261 e. The van der Waals surface area contributed by atoms with Gasteiger partial charge in [-0.05, 0) is 36.5 Å². The van der Waals surface area contributed by atoms with Crippen molar-refractivity contribution in [3.63, 3.8) is 0 Å². The Morgan fingerprint density at radius 1 is 1.32 bits per heavy atom. The molecule has 6 heteroatoms. The first-order chi connectivity index (χ1) is 11.9. The summed E-state index contributed by atoms with van der Waals surface area (Å²) in [7, 11) is 0. The van der Waals surface area contributed by atoms with Crippen molar-refractivity contribution in [2.75, 3.05) is 6.54 Å². The summed E-state index contributed by atoms with van der Waals surface area (Å²) in [5.41, 5.74) is 0.445. The quantitative estimate of drug-likeness (QED) is 0.817.